The van der Waals surface area contributed by atoms with Gasteiger partial charge >= 0.3 is 0 Å². The third-order valence-corrected chi connectivity index (χ3v) is 3.52. The molecule has 0 aliphatic heterocycles. The van der Waals surface area contributed by atoms with E-state index in [1.165, 1.54) is 7.11 Å². The topological polar surface area (TPSA) is 64.3 Å². The largest absolute Gasteiger partial charge is 0.496 e. The fourth-order valence-electron chi connectivity index (χ4n) is 1.75. The summed E-state index contributed by atoms with van der Waals surface area (Å²) in [5.74, 6) is -0.0234. The molecule has 20 heavy (non-hydrogen) atoms. The lowest BCUT2D eigenvalue weighted by molar-refractivity contribution is 0.102. The molecular weight excluding hydrogens is 299 g/mol. The number of carbonyl (C=O) groups is 1. The molecule has 0 saturated heterocycles. The summed E-state index contributed by atoms with van der Waals surface area (Å²) >= 11 is 11.9. The summed E-state index contributed by atoms with van der Waals surface area (Å²) in [6.07, 6.45) is 0. The van der Waals surface area contributed by atoms with Crippen LogP contribution < -0.4 is 15.8 Å². The Morgan fingerprint density at radius 2 is 1.90 bits per heavy atom. The summed E-state index contributed by atoms with van der Waals surface area (Å²) in [7, 11) is 1.47. The average molecular weight is 311 g/mol. The number of halogens is 2. The van der Waals surface area contributed by atoms with Crippen molar-refractivity contribution < 1.29 is 9.53 Å². The minimum atomic E-state index is -0.413. The van der Waals surface area contributed by atoms with Gasteiger partial charge in [-0.15, -0.1) is 0 Å². The number of ether oxygens (including phenoxy) is 1. The molecule has 2 rings (SSSR count). The summed E-state index contributed by atoms with van der Waals surface area (Å²) in [5, 5.41) is 3.30. The Bertz CT molecular complexity index is 660. The molecule has 0 aromatic heterocycles. The van der Waals surface area contributed by atoms with E-state index in [-0.39, 0.29) is 10.6 Å². The molecule has 0 atom stereocenters. The molecule has 0 fully saturated rings. The highest BCUT2D eigenvalue weighted by atomic mass is 35.5. The molecule has 0 radical (unpaired) electrons. The zero-order valence-corrected chi connectivity index (χ0v) is 12.1. The molecular formula is C14H12Cl2N2O2. The van der Waals surface area contributed by atoms with Crippen LogP contribution in [0.2, 0.25) is 10.0 Å². The van der Waals surface area contributed by atoms with Crippen molar-refractivity contribution in [3.05, 3.63) is 52.0 Å². The average Bonchev–Trinajstić information content (AvgIpc) is 2.43. The third-order valence-electron chi connectivity index (χ3n) is 2.71. The molecule has 2 aromatic carbocycles. The summed E-state index contributed by atoms with van der Waals surface area (Å²) in [6.45, 7) is 0. The normalized spacial score (nSPS) is 10.2. The van der Waals surface area contributed by atoms with E-state index < -0.39 is 5.91 Å². The van der Waals surface area contributed by atoms with Crippen molar-refractivity contribution in [2.75, 3.05) is 18.2 Å². The summed E-state index contributed by atoms with van der Waals surface area (Å²) in [4.78, 5) is 12.3. The molecule has 3 N–H and O–H groups in total. The van der Waals surface area contributed by atoms with Crippen LogP contribution in [0.3, 0.4) is 0 Å². The SMILES string of the molecule is COc1cccc(N)c1C(=O)Nc1cccc(Cl)c1Cl. The number of hydrogen-bond donors (Lipinski definition) is 2. The number of nitrogens with one attached hydrogen (secondary N) is 1. The van der Waals surface area contributed by atoms with Crippen LogP contribution in [0, 0.1) is 0 Å². The quantitative estimate of drug-likeness (QED) is 0.847. The highest BCUT2D eigenvalue weighted by molar-refractivity contribution is 6.44. The Hall–Kier alpha value is -1.91. The van der Waals surface area contributed by atoms with Gasteiger partial charge in [-0.3, -0.25) is 4.79 Å². The van der Waals surface area contributed by atoms with Crippen LogP contribution in [0.5, 0.6) is 5.75 Å². The first kappa shape index (κ1) is 14.5. The number of nitrogens with two attached hydrogens (primary N) is 1. The van der Waals surface area contributed by atoms with E-state index >= 15 is 0 Å². The van der Waals surface area contributed by atoms with Crippen LogP contribution in [0.25, 0.3) is 0 Å². The standard InChI is InChI=1S/C14H12Cl2N2O2/c1-20-11-7-3-5-9(17)12(11)14(19)18-10-6-2-4-8(15)13(10)16/h2-7H,17H2,1H3,(H,18,19). The van der Waals surface area contributed by atoms with E-state index in [2.05, 4.69) is 5.32 Å². The minimum absolute atomic E-state index is 0.256. The van der Waals surface area contributed by atoms with Crippen LogP contribution >= 0.6 is 23.2 Å². The number of benzene rings is 2. The molecule has 4 nitrogen and oxygen atoms in total. The summed E-state index contributed by atoms with van der Waals surface area (Å²) in [6, 6.07) is 9.96. The van der Waals surface area contributed by atoms with Gasteiger partial charge in [0.15, 0.2) is 0 Å². The van der Waals surface area contributed by atoms with E-state index in [1.54, 1.807) is 36.4 Å². The molecule has 0 spiro atoms. The van der Waals surface area contributed by atoms with Crippen molar-refractivity contribution >= 4 is 40.5 Å². The molecule has 0 saturated carbocycles. The van der Waals surface area contributed by atoms with Gasteiger partial charge in [0.05, 0.1) is 22.8 Å². The van der Waals surface area contributed by atoms with Crippen LogP contribution in [0.4, 0.5) is 11.4 Å². The Morgan fingerprint density at radius 1 is 1.20 bits per heavy atom. The number of carbonyl (C=O) groups excluding carboxylic acids is 1. The smallest absolute Gasteiger partial charge is 0.261 e. The lowest BCUT2D eigenvalue weighted by atomic mass is 10.1. The minimum Gasteiger partial charge on any atom is -0.496 e. The maximum Gasteiger partial charge on any atom is 0.261 e. The van der Waals surface area contributed by atoms with Gasteiger partial charge in [-0.05, 0) is 24.3 Å². The third kappa shape index (κ3) is 2.81. The first-order valence-corrected chi connectivity index (χ1v) is 6.48. The molecule has 104 valence electrons. The van der Waals surface area contributed by atoms with E-state index in [9.17, 15) is 4.79 Å². The molecule has 1 amide bonds. The van der Waals surface area contributed by atoms with Crippen molar-refractivity contribution in [2.45, 2.75) is 0 Å². The molecule has 6 heteroatoms. The fourth-order valence-corrected chi connectivity index (χ4v) is 2.09. The molecule has 0 aliphatic carbocycles. The first-order chi connectivity index (χ1) is 9.54. The van der Waals surface area contributed by atoms with Crippen LogP contribution in [-0.4, -0.2) is 13.0 Å². The number of methoxy groups -OCH3 is 1. The molecule has 0 heterocycles. The second-order valence-corrected chi connectivity index (χ2v) is 4.77. The van der Waals surface area contributed by atoms with Crippen LogP contribution in [0.15, 0.2) is 36.4 Å². The van der Waals surface area contributed by atoms with Crippen molar-refractivity contribution in [2.24, 2.45) is 0 Å². The highest BCUT2D eigenvalue weighted by Crippen LogP contribution is 2.31. The fraction of sp³-hybridized carbons (Fsp3) is 0.0714. The van der Waals surface area contributed by atoms with Gasteiger partial charge in [-0.25, -0.2) is 0 Å². The summed E-state index contributed by atoms with van der Waals surface area (Å²) in [5.41, 5.74) is 6.81. The zero-order valence-electron chi connectivity index (χ0n) is 10.6. The monoisotopic (exact) mass is 310 g/mol. The van der Waals surface area contributed by atoms with E-state index in [0.717, 1.165) is 0 Å². The number of hydrogen-bond acceptors (Lipinski definition) is 3. The van der Waals surface area contributed by atoms with Crippen molar-refractivity contribution in [3.8, 4) is 5.75 Å². The van der Waals surface area contributed by atoms with Gasteiger partial charge in [0.25, 0.3) is 5.91 Å². The van der Waals surface area contributed by atoms with Crippen molar-refractivity contribution in [1.29, 1.82) is 0 Å². The van der Waals surface area contributed by atoms with Gasteiger partial charge in [-0.1, -0.05) is 35.3 Å². The molecule has 0 unspecified atom stereocenters. The van der Waals surface area contributed by atoms with Gasteiger partial charge < -0.3 is 15.8 Å². The van der Waals surface area contributed by atoms with Crippen LogP contribution in [0.1, 0.15) is 10.4 Å². The molecule has 0 bridgehead atoms. The van der Waals surface area contributed by atoms with E-state index in [1.807, 2.05) is 0 Å². The molecule has 2 aromatic rings. The number of rotatable bonds is 3. The maximum absolute atomic E-state index is 12.3. The maximum atomic E-state index is 12.3. The predicted octanol–water partition coefficient (Wildman–Crippen LogP) is 3.84. The first-order valence-electron chi connectivity index (χ1n) is 5.72. The summed E-state index contributed by atoms with van der Waals surface area (Å²) < 4.78 is 5.14. The predicted molar refractivity (Wildman–Crippen MR) is 81.8 cm³/mol. The lowest BCUT2D eigenvalue weighted by Crippen LogP contribution is -2.15. The number of nitrogen functional groups attached to an aromatic ring is 1. The lowest BCUT2D eigenvalue weighted by Gasteiger charge is -2.12. The zero-order chi connectivity index (χ0) is 14.7. The Kier molecular flexibility index (Phi) is 4.37. The van der Waals surface area contributed by atoms with Gasteiger partial charge in [0.1, 0.15) is 11.3 Å². The second-order valence-electron chi connectivity index (χ2n) is 3.98. The second kappa shape index (κ2) is 6.03. The Balaban J connectivity index is 2.36. The molecule has 0 aliphatic rings. The highest BCUT2D eigenvalue weighted by Gasteiger charge is 2.17. The Labute approximate surface area is 126 Å². The van der Waals surface area contributed by atoms with Crippen LogP contribution in [-0.2, 0) is 0 Å². The Morgan fingerprint density at radius 3 is 2.60 bits per heavy atom. The van der Waals surface area contributed by atoms with Gasteiger partial charge in [-0.2, -0.15) is 0 Å². The number of anilines is 2. The van der Waals surface area contributed by atoms with E-state index in [4.69, 9.17) is 33.7 Å². The van der Waals surface area contributed by atoms with Gasteiger partial charge in [0, 0.05) is 5.69 Å². The van der Waals surface area contributed by atoms with Crippen molar-refractivity contribution in [1.82, 2.24) is 0 Å². The number of amides is 1. The van der Waals surface area contributed by atoms with Gasteiger partial charge in [0.2, 0.25) is 0 Å². The van der Waals surface area contributed by atoms with Crippen molar-refractivity contribution in [3.63, 3.8) is 0 Å². The van der Waals surface area contributed by atoms with E-state index in [0.29, 0.717) is 22.1 Å².